The second kappa shape index (κ2) is 4.80. The molecule has 0 saturated heterocycles. The Morgan fingerprint density at radius 1 is 1.35 bits per heavy atom. The molecule has 20 heavy (non-hydrogen) atoms. The molecule has 6 heteroatoms. The molecule has 0 aliphatic rings. The van der Waals surface area contributed by atoms with E-state index in [1.807, 2.05) is 31.2 Å². The second-order valence-corrected chi connectivity index (χ2v) is 4.56. The zero-order valence-electron chi connectivity index (χ0n) is 11.2. The molecule has 2 heterocycles. The van der Waals surface area contributed by atoms with Gasteiger partial charge in [0.2, 0.25) is 5.89 Å². The fraction of sp³-hybridized carbons (Fsp3) is 0.214. The number of amides is 1. The summed E-state index contributed by atoms with van der Waals surface area (Å²) in [6, 6.07) is 8.85. The molecule has 2 aromatic heterocycles. The molecule has 1 unspecified atom stereocenters. The highest BCUT2D eigenvalue weighted by atomic mass is 16.3. The van der Waals surface area contributed by atoms with Crippen LogP contribution in [0, 0.1) is 0 Å². The summed E-state index contributed by atoms with van der Waals surface area (Å²) in [5.74, 6) is 0.279. The van der Waals surface area contributed by atoms with Gasteiger partial charge in [0.25, 0.3) is 5.91 Å². The Balaban J connectivity index is 1.80. The Hall–Kier alpha value is -2.63. The number of nitrogens with zero attached hydrogens (tertiary/aromatic N) is 3. The topological polar surface area (TPSA) is 73.0 Å². The van der Waals surface area contributed by atoms with Gasteiger partial charge in [-0.1, -0.05) is 12.1 Å². The first-order chi connectivity index (χ1) is 9.65. The summed E-state index contributed by atoms with van der Waals surface area (Å²) in [7, 11) is 1.72. The lowest BCUT2D eigenvalue weighted by atomic mass is 10.3. The number of carbonyl (C=O) groups excluding carboxylic acids is 1. The number of rotatable bonds is 3. The number of nitrogens with one attached hydrogen (secondary N) is 1. The predicted octanol–water partition coefficient (Wildman–Crippen LogP) is 2.05. The lowest BCUT2D eigenvalue weighted by Gasteiger charge is -2.10. The van der Waals surface area contributed by atoms with Crippen LogP contribution in [0.1, 0.15) is 29.3 Å². The first-order valence-corrected chi connectivity index (χ1v) is 6.29. The molecule has 1 N–H and O–H groups in total. The number of aromatic nitrogens is 3. The molecule has 1 atom stereocenters. The molecular formula is C14H14N4O2. The molecule has 102 valence electrons. The Labute approximate surface area is 115 Å². The van der Waals surface area contributed by atoms with Gasteiger partial charge in [-0.3, -0.25) is 9.48 Å². The minimum atomic E-state index is -0.315. The van der Waals surface area contributed by atoms with Crippen molar-refractivity contribution in [3.05, 3.63) is 48.1 Å². The molecule has 1 amide bonds. The molecule has 0 bridgehead atoms. The molecule has 1 aromatic carbocycles. The summed E-state index contributed by atoms with van der Waals surface area (Å²) in [4.78, 5) is 16.4. The van der Waals surface area contributed by atoms with Crippen molar-refractivity contribution in [1.29, 1.82) is 0 Å². The monoisotopic (exact) mass is 270 g/mol. The minimum absolute atomic E-state index is 0.209. The van der Waals surface area contributed by atoms with Crippen molar-refractivity contribution in [2.45, 2.75) is 13.0 Å². The van der Waals surface area contributed by atoms with Crippen molar-refractivity contribution in [3.63, 3.8) is 0 Å². The third kappa shape index (κ3) is 2.16. The summed E-state index contributed by atoms with van der Waals surface area (Å²) >= 11 is 0. The van der Waals surface area contributed by atoms with Crippen LogP contribution in [-0.4, -0.2) is 20.7 Å². The summed E-state index contributed by atoms with van der Waals surface area (Å²) in [5.41, 5.74) is 1.99. The molecular weight excluding hydrogens is 256 g/mol. The van der Waals surface area contributed by atoms with E-state index in [1.165, 1.54) is 4.68 Å². The van der Waals surface area contributed by atoms with Gasteiger partial charge in [0, 0.05) is 13.2 Å². The standard InChI is InChI=1S/C14H14N4O2/c1-9(16-13(19)11-7-8-15-18(11)2)14-17-10-5-3-4-6-12(10)20-14/h3-9H,1-2H3,(H,16,19). The molecule has 6 nitrogen and oxygen atoms in total. The van der Waals surface area contributed by atoms with Crippen molar-refractivity contribution in [2.24, 2.45) is 7.05 Å². The lowest BCUT2D eigenvalue weighted by molar-refractivity contribution is 0.0925. The summed E-state index contributed by atoms with van der Waals surface area (Å²) in [5, 5.41) is 6.81. The molecule has 0 aliphatic carbocycles. The van der Waals surface area contributed by atoms with E-state index in [9.17, 15) is 4.79 Å². The summed E-state index contributed by atoms with van der Waals surface area (Å²) in [6.07, 6.45) is 1.58. The van der Waals surface area contributed by atoms with Crippen LogP contribution < -0.4 is 5.32 Å². The predicted molar refractivity (Wildman–Crippen MR) is 73.1 cm³/mol. The highest BCUT2D eigenvalue weighted by Crippen LogP contribution is 2.19. The highest BCUT2D eigenvalue weighted by molar-refractivity contribution is 5.92. The van der Waals surface area contributed by atoms with Crippen molar-refractivity contribution < 1.29 is 9.21 Å². The highest BCUT2D eigenvalue weighted by Gasteiger charge is 2.18. The molecule has 3 rings (SSSR count). The normalized spacial score (nSPS) is 12.5. The summed E-state index contributed by atoms with van der Waals surface area (Å²) < 4.78 is 7.15. The number of fused-ring (bicyclic) bond motifs is 1. The van der Waals surface area contributed by atoms with Gasteiger partial charge in [0.15, 0.2) is 5.58 Å². The van der Waals surface area contributed by atoms with E-state index in [-0.39, 0.29) is 11.9 Å². The summed E-state index contributed by atoms with van der Waals surface area (Å²) in [6.45, 7) is 1.83. The van der Waals surface area contributed by atoms with Crippen LogP contribution >= 0.6 is 0 Å². The second-order valence-electron chi connectivity index (χ2n) is 4.56. The van der Waals surface area contributed by atoms with E-state index in [0.29, 0.717) is 17.2 Å². The van der Waals surface area contributed by atoms with Crippen LogP contribution in [-0.2, 0) is 7.05 Å². The smallest absolute Gasteiger partial charge is 0.270 e. The number of hydrogen-bond donors (Lipinski definition) is 1. The van der Waals surface area contributed by atoms with Gasteiger partial charge in [0.05, 0.1) is 0 Å². The van der Waals surface area contributed by atoms with E-state index in [1.54, 1.807) is 19.3 Å². The van der Waals surface area contributed by atoms with E-state index in [0.717, 1.165) is 5.52 Å². The van der Waals surface area contributed by atoms with Crippen LogP contribution in [0.3, 0.4) is 0 Å². The zero-order valence-corrected chi connectivity index (χ0v) is 11.2. The van der Waals surface area contributed by atoms with E-state index < -0.39 is 0 Å². The SMILES string of the molecule is CC(NC(=O)c1ccnn1C)c1nc2ccccc2o1. The van der Waals surface area contributed by atoms with Gasteiger partial charge in [0.1, 0.15) is 17.3 Å². The Kier molecular flexibility index (Phi) is 2.98. The van der Waals surface area contributed by atoms with Crippen LogP contribution in [0.5, 0.6) is 0 Å². The van der Waals surface area contributed by atoms with Crippen molar-refractivity contribution >= 4 is 17.0 Å². The maximum atomic E-state index is 12.1. The molecule has 0 saturated carbocycles. The van der Waals surface area contributed by atoms with Crippen LogP contribution in [0.15, 0.2) is 40.9 Å². The van der Waals surface area contributed by atoms with Gasteiger partial charge in [-0.15, -0.1) is 0 Å². The number of hydrogen-bond acceptors (Lipinski definition) is 4. The van der Waals surface area contributed by atoms with Crippen molar-refractivity contribution in [2.75, 3.05) is 0 Å². The quantitative estimate of drug-likeness (QED) is 0.790. The Morgan fingerprint density at radius 2 is 2.15 bits per heavy atom. The van der Waals surface area contributed by atoms with Gasteiger partial charge in [-0.25, -0.2) is 4.98 Å². The Morgan fingerprint density at radius 3 is 2.85 bits per heavy atom. The fourth-order valence-electron chi connectivity index (χ4n) is 2.00. The molecule has 0 aliphatic heterocycles. The minimum Gasteiger partial charge on any atom is -0.438 e. The maximum Gasteiger partial charge on any atom is 0.270 e. The molecule has 0 radical (unpaired) electrons. The van der Waals surface area contributed by atoms with Crippen molar-refractivity contribution in [3.8, 4) is 0 Å². The van der Waals surface area contributed by atoms with E-state index >= 15 is 0 Å². The van der Waals surface area contributed by atoms with Crippen LogP contribution in [0.2, 0.25) is 0 Å². The van der Waals surface area contributed by atoms with Crippen molar-refractivity contribution in [1.82, 2.24) is 20.1 Å². The van der Waals surface area contributed by atoms with Crippen LogP contribution in [0.25, 0.3) is 11.1 Å². The average molecular weight is 270 g/mol. The Bertz CT molecular complexity index is 726. The van der Waals surface area contributed by atoms with E-state index in [2.05, 4.69) is 15.4 Å². The number of aryl methyl sites for hydroxylation is 1. The molecule has 3 aromatic rings. The van der Waals surface area contributed by atoms with Crippen LogP contribution in [0.4, 0.5) is 0 Å². The number of oxazole rings is 1. The first-order valence-electron chi connectivity index (χ1n) is 6.29. The van der Waals surface area contributed by atoms with E-state index in [4.69, 9.17) is 4.42 Å². The number of benzene rings is 1. The fourth-order valence-corrected chi connectivity index (χ4v) is 2.00. The maximum absolute atomic E-state index is 12.1. The molecule has 0 fully saturated rings. The number of para-hydroxylation sites is 2. The third-order valence-electron chi connectivity index (χ3n) is 3.08. The first kappa shape index (κ1) is 12.4. The average Bonchev–Trinajstić information content (AvgIpc) is 3.04. The molecule has 0 spiro atoms. The van der Waals surface area contributed by atoms with Gasteiger partial charge < -0.3 is 9.73 Å². The lowest BCUT2D eigenvalue weighted by Crippen LogP contribution is -2.28. The number of carbonyl (C=O) groups is 1. The van der Waals surface area contributed by atoms with Gasteiger partial charge in [-0.05, 0) is 25.1 Å². The van der Waals surface area contributed by atoms with Gasteiger partial charge >= 0.3 is 0 Å². The third-order valence-corrected chi connectivity index (χ3v) is 3.08. The zero-order chi connectivity index (χ0) is 14.1. The largest absolute Gasteiger partial charge is 0.438 e. The van der Waals surface area contributed by atoms with Gasteiger partial charge in [-0.2, -0.15) is 5.10 Å².